The molecule has 0 saturated carbocycles. The van der Waals surface area contributed by atoms with Gasteiger partial charge in [0.2, 0.25) is 11.8 Å². The van der Waals surface area contributed by atoms with Crippen molar-refractivity contribution in [2.24, 2.45) is 0 Å². The molecule has 0 radical (unpaired) electrons. The Bertz CT molecular complexity index is 908. The second-order valence-corrected chi connectivity index (χ2v) is 6.79. The number of aromatic nitrogens is 1. The fraction of sp³-hybridized carbons (Fsp3) is 0.389. The number of nitrogens with zero attached hydrogens (tertiary/aromatic N) is 1. The molecule has 4 amide bonds. The lowest BCUT2D eigenvalue weighted by molar-refractivity contribution is -0.138. The maximum absolute atomic E-state index is 12.8. The van der Waals surface area contributed by atoms with Crippen molar-refractivity contribution in [3.63, 3.8) is 0 Å². The Morgan fingerprint density at radius 3 is 2.89 bits per heavy atom. The minimum Gasteiger partial charge on any atom is -0.394 e. The summed E-state index contributed by atoms with van der Waals surface area (Å²) in [5.74, 6) is -0.837. The summed E-state index contributed by atoms with van der Waals surface area (Å²) < 4.78 is 0. The van der Waals surface area contributed by atoms with E-state index in [-0.39, 0.29) is 12.5 Å². The van der Waals surface area contributed by atoms with Crippen LogP contribution in [0.25, 0.3) is 10.9 Å². The molecule has 5 N–H and O–H groups in total. The van der Waals surface area contributed by atoms with Crippen LogP contribution in [0.2, 0.25) is 0 Å². The highest BCUT2D eigenvalue weighted by Crippen LogP contribution is 2.27. The number of fused-ring (bicyclic) bond motifs is 3. The van der Waals surface area contributed by atoms with Gasteiger partial charge in [0, 0.05) is 29.7 Å². The quantitative estimate of drug-likeness (QED) is 0.483. The molecule has 1 saturated heterocycles. The fourth-order valence-corrected chi connectivity index (χ4v) is 3.67. The monoisotopic (exact) mass is 371 g/mol. The highest BCUT2D eigenvalue weighted by Gasteiger charge is 2.33. The summed E-state index contributed by atoms with van der Waals surface area (Å²) >= 11 is 0. The van der Waals surface area contributed by atoms with Crippen LogP contribution in [-0.2, 0) is 22.6 Å². The number of para-hydroxylation sites is 1. The summed E-state index contributed by atoms with van der Waals surface area (Å²) in [6.45, 7) is 0.562. The smallest absolute Gasteiger partial charge is 0.315 e. The first kappa shape index (κ1) is 17.3. The molecule has 9 nitrogen and oxygen atoms in total. The molecule has 0 aliphatic carbocycles. The second-order valence-electron chi connectivity index (χ2n) is 6.79. The molecule has 1 aromatic carbocycles. The molecule has 1 aromatic heterocycles. The van der Waals surface area contributed by atoms with Crippen LogP contribution in [0.3, 0.4) is 0 Å². The van der Waals surface area contributed by atoms with Gasteiger partial charge in [0.1, 0.15) is 12.1 Å². The van der Waals surface area contributed by atoms with E-state index in [1.807, 2.05) is 18.2 Å². The van der Waals surface area contributed by atoms with Crippen LogP contribution in [0.4, 0.5) is 4.79 Å². The van der Waals surface area contributed by atoms with Crippen LogP contribution in [-0.4, -0.2) is 64.6 Å². The third-order valence-electron chi connectivity index (χ3n) is 5.08. The first-order valence-electron chi connectivity index (χ1n) is 8.89. The molecule has 2 atom stereocenters. The molecule has 0 bridgehead atoms. The summed E-state index contributed by atoms with van der Waals surface area (Å²) in [4.78, 5) is 41.1. The van der Waals surface area contributed by atoms with Crippen molar-refractivity contribution in [3.05, 3.63) is 35.5 Å². The normalized spacial score (nSPS) is 20.0. The first-order valence-corrected chi connectivity index (χ1v) is 8.89. The van der Waals surface area contributed by atoms with E-state index < -0.39 is 30.6 Å². The predicted molar refractivity (Wildman–Crippen MR) is 96.8 cm³/mol. The molecule has 2 aliphatic rings. The Hall–Kier alpha value is -3.07. The van der Waals surface area contributed by atoms with E-state index in [4.69, 9.17) is 0 Å². The summed E-state index contributed by atoms with van der Waals surface area (Å²) in [5, 5.41) is 18.2. The minimum absolute atomic E-state index is 0.152. The number of H-pyrrole nitrogens is 1. The first-order chi connectivity index (χ1) is 13.1. The van der Waals surface area contributed by atoms with Gasteiger partial charge >= 0.3 is 6.03 Å². The van der Waals surface area contributed by atoms with Gasteiger partial charge in [-0.15, -0.1) is 0 Å². The molecule has 1 fully saturated rings. The second kappa shape index (κ2) is 6.92. The Kier molecular flexibility index (Phi) is 4.44. The Labute approximate surface area is 155 Å². The summed E-state index contributed by atoms with van der Waals surface area (Å²) in [7, 11) is 0. The molecular weight excluding hydrogens is 350 g/mol. The van der Waals surface area contributed by atoms with Crippen LogP contribution in [0.15, 0.2) is 24.3 Å². The number of aliphatic hydroxyl groups excluding tert-OH is 1. The number of carbonyl (C=O) groups excluding carboxylic acids is 3. The van der Waals surface area contributed by atoms with E-state index in [9.17, 15) is 19.5 Å². The highest BCUT2D eigenvalue weighted by atomic mass is 16.3. The summed E-state index contributed by atoms with van der Waals surface area (Å²) in [6, 6.07) is 5.79. The lowest BCUT2D eigenvalue weighted by atomic mass is 10.0. The number of hydrogen-bond donors (Lipinski definition) is 5. The third-order valence-corrected chi connectivity index (χ3v) is 5.08. The van der Waals surface area contributed by atoms with E-state index in [0.29, 0.717) is 19.5 Å². The van der Waals surface area contributed by atoms with Crippen molar-refractivity contribution in [2.75, 3.05) is 19.7 Å². The summed E-state index contributed by atoms with van der Waals surface area (Å²) in [6.07, 6.45) is 0.708. The van der Waals surface area contributed by atoms with Crippen molar-refractivity contribution >= 4 is 28.7 Å². The lowest BCUT2D eigenvalue weighted by Crippen LogP contribution is -2.55. The summed E-state index contributed by atoms with van der Waals surface area (Å²) in [5.41, 5.74) is 3.22. The minimum atomic E-state index is -1.04. The van der Waals surface area contributed by atoms with E-state index in [0.717, 1.165) is 16.6 Å². The largest absolute Gasteiger partial charge is 0.394 e. The predicted octanol–water partition coefficient (Wildman–Crippen LogP) is -0.789. The lowest BCUT2D eigenvalue weighted by Gasteiger charge is -2.30. The van der Waals surface area contributed by atoms with Gasteiger partial charge < -0.3 is 30.9 Å². The number of rotatable bonds is 4. The van der Waals surface area contributed by atoms with Crippen LogP contribution in [0.5, 0.6) is 0 Å². The van der Waals surface area contributed by atoms with Gasteiger partial charge in [-0.1, -0.05) is 18.2 Å². The number of hydrogen-bond acceptors (Lipinski definition) is 4. The highest BCUT2D eigenvalue weighted by molar-refractivity contribution is 5.94. The standard InChI is InChI=1S/C18H21N5O4/c24-9-15(21-16(25)13-7-19-18(27)22-13)17(26)23-6-5-11-10-3-1-2-4-12(10)20-14(11)8-23/h1-4,13,15,20,24H,5-9H2,(H,21,25)(H2,19,22,27)/t13?,15-/m0/s1. The number of amides is 4. The average Bonchev–Trinajstić information content (AvgIpc) is 3.28. The van der Waals surface area contributed by atoms with Crippen molar-refractivity contribution < 1.29 is 19.5 Å². The van der Waals surface area contributed by atoms with Gasteiger partial charge in [0.05, 0.1) is 13.2 Å². The molecule has 0 spiro atoms. The number of benzene rings is 1. The molecular formula is C18H21N5O4. The van der Waals surface area contributed by atoms with Crippen molar-refractivity contribution in [2.45, 2.75) is 25.0 Å². The molecule has 2 aromatic rings. The van der Waals surface area contributed by atoms with Gasteiger partial charge in [0.15, 0.2) is 0 Å². The van der Waals surface area contributed by atoms with Crippen LogP contribution >= 0.6 is 0 Å². The molecule has 27 heavy (non-hydrogen) atoms. The van der Waals surface area contributed by atoms with E-state index in [2.05, 4.69) is 27.0 Å². The van der Waals surface area contributed by atoms with Crippen LogP contribution < -0.4 is 16.0 Å². The van der Waals surface area contributed by atoms with Gasteiger partial charge in [-0.3, -0.25) is 9.59 Å². The molecule has 9 heteroatoms. The van der Waals surface area contributed by atoms with Gasteiger partial charge in [-0.05, 0) is 18.1 Å². The topological polar surface area (TPSA) is 127 Å². The van der Waals surface area contributed by atoms with Gasteiger partial charge in [-0.25, -0.2) is 4.79 Å². The molecule has 142 valence electrons. The average molecular weight is 371 g/mol. The van der Waals surface area contributed by atoms with Crippen LogP contribution in [0.1, 0.15) is 11.3 Å². The van der Waals surface area contributed by atoms with Crippen LogP contribution in [0, 0.1) is 0 Å². The number of aromatic amines is 1. The van der Waals surface area contributed by atoms with Crippen molar-refractivity contribution in [3.8, 4) is 0 Å². The van der Waals surface area contributed by atoms with E-state index in [1.54, 1.807) is 4.90 Å². The Morgan fingerprint density at radius 2 is 2.15 bits per heavy atom. The maximum atomic E-state index is 12.8. The zero-order chi connectivity index (χ0) is 19.0. The third kappa shape index (κ3) is 3.21. The zero-order valence-corrected chi connectivity index (χ0v) is 14.6. The zero-order valence-electron chi connectivity index (χ0n) is 14.6. The Morgan fingerprint density at radius 1 is 1.33 bits per heavy atom. The van der Waals surface area contributed by atoms with Crippen molar-refractivity contribution in [1.82, 2.24) is 25.8 Å². The number of aliphatic hydroxyl groups is 1. The SMILES string of the molecule is O=C1NCC(C(=O)N[C@@H](CO)C(=O)N2CCc3c([nH]c4ccccc34)C2)N1. The van der Waals surface area contributed by atoms with Gasteiger partial charge in [0.25, 0.3) is 0 Å². The molecule has 3 heterocycles. The Balaban J connectivity index is 1.45. The van der Waals surface area contributed by atoms with E-state index in [1.165, 1.54) is 5.56 Å². The fourth-order valence-electron chi connectivity index (χ4n) is 3.67. The molecule has 1 unspecified atom stereocenters. The number of nitrogens with one attached hydrogen (secondary N) is 4. The van der Waals surface area contributed by atoms with E-state index >= 15 is 0 Å². The number of urea groups is 1. The maximum Gasteiger partial charge on any atom is 0.315 e. The van der Waals surface area contributed by atoms with Gasteiger partial charge in [-0.2, -0.15) is 0 Å². The molecule has 4 rings (SSSR count). The van der Waals surface area contributed by atoms with Crippen molar-refractivity contribution in [1.29, 1.82) is 0 Å². The molecule has 2 aliphatic heterocycles. The number of carbonyl (C=O) groups is 3.